The van der Waals surface area contributed by atoms with Gasteiger partial charge >= 0.3 is 0 Å². The van der Waals surface area contributed by atoms with Crippen LogP contribution in [-0.2, 0) is 4.79 Å². The van der Waals surface area contributed by atoms with Crippen molar-refractivity contribution in [3.63, 3.8) is 0 Å². The zero-order valence-corrected chi connectivity index (χ0v) is 11.7. The summed E-state index contributed by atoms with van der Waals surface area (Å²) < 4.78 is 13.2. The number of amides is 1. The smallest absolute Gasteiger partial charge is 0.238 e. The average molecular weight is 280 g/mol. The molecule has 20 heavy (non-hydrogen) atoms. The van der Waals surface area contributed by atoms with E-state index in [0.29, 0.717) is 5.69 Å². The molecule has 1 aliphatic rings. The van der Waals surface area contributed by atoms with Crippen LogP contribution in [-0.4, -0.2) is 41.7 Å². The van der Waals surface area contributed by atoms with Crippen LogP contribution in [0.4, 0.5) is 10.1 Å². The lowest BCUT2D eigenvalue weighted by Crippen LogP contribution is -2.45. The average Bonchev–Trinajstić information content (AvgIpc) is 2.43. The minimum Gasteiger partial charge on any atom is -0.395 e. The van der Waals surface area contributed by atoms with Gasteiger partial charge < -0.3 is 10.4 Å². The fraction of sp³-hybridized carbons (Fsp3) is 0.533. The lowest BCUT2D eigenvalue weighted by atomic mass is 10.0. The summed E-state index contributed by atoms with van der Waals surface area (Å²) in [4.78, 5) is 14.0. The zero-order chi connectivity index (χ0) is 14.5. The number of aliphatic hydroxyl groups is 1. The molecule has 1 amide bonds. The summed E-state index contributed by atoms with van der Waals surface area (Å²) in [7, 11) is 0. The lowest BCUT2D eigenvalue weighted by molar-refractivity contribution is -0.118. The molecule has 1 aliphatic heterocycles. The van der Waals surface area contributed by atoms with Gasteiger partial charge in [-0.1, -0.05) is 12.5 Å². The van der Waals surface area contributed by atoms with Gasteiger partial charge in [-0.2, -0.15) is 0 Å². The number of rotatable bonds is 4. The summed E-state index contributed by atoms with van der Waals surface area (Å²) in [5.41, 5.74) is 1.34. The molecule has 1 aromatic rings. The third-order valence-corrected chi connectivity index (χ3v) is 3.78. The number of anilines is 1. The molecule has 0 bridgehead atoms. The van der Waals surface area contributed by atoms with Crippen LogP contribution in [0.5, 0.6) is 0 Å². The Morgan fingerprint density at radius 3 is 3.05 bits per heavy atom. The number of benzene rings is 1. The van der Waals surface area contributed by atoms with Crippen LogP contribution in [0.3, 0.4) is 0 Å². The van der Waals surface area contributed by atoms with E-state index in [9.17, 15) is 14.3 Å². The Balaban J connectivity index is 1.96. The van der Waals surface area contributed by atoms with Crippen LogP contribution in [0.1, 0.15) is 24.8 Å². The van der Waals surface area contributed by atoms with Gasteiger partial charge in [-0.25, -0.2) is 4.39 Å². The highest BCUT2D eigenvalue weighted by Gasteiger charge is 2.23. The van der Waals surface area contributed by atoms with Gasteiger partial charge in [-0.3, -0.25) is 9.69 Å². The molecule has 0 aliphatic carbocycles. The molecule has 1 atom stereocenters. The third kappa shape index (κ3) is 3.77. The van der Waals surface area contributed by atoms with E-state index in [-0.39, 0.29) is 30.9 Å². The summed E-state index contributed by atoms with van der Waals surface area (Å²) in [5, 5.41) is 12.1. The van der Waals surface area contributed by atoms with Crippen LogP contribution in [0.2, 0.25) is 0 Å². The van der Waals surface area contributed by atoms with E-state index in [4.69, 9.17) is 0 Å². The number of carbonyl (C=O) groups is 1. The van der Waals surface area contributed by atoms with Gasteiger partial charge in [0, 0.05) is 11.7 Å². The molecule has 1 fully saturated rings. The number of aryl methyl sites for hydroxylation is 1. The fourth-order valence-electron chi connectivity index (χ4n) is 2.58. The molecule has 110 valence electrons. The minimum absolute atomic E-state index is 0.0584. The predicted molar refractivity (Wildman–Crippen MR) is 76.1 cm³/mol. The number of piperidine rings is 1. The molecule has 2 N–H and O–H groups in total. The van der Waals surface area contributed by atoms with Crippen LogP contribution in [0, 0.1) is 12.7 Å². The first-order chi connectivity index (χ1) is 9.60. The van der Waals surface area contributed by atoms with Crippen molar-refractivity contribution in [3.8, 4) is 0 Å². The van der Waals surface area contributed by atoms with Gasteiger partial charge in [0.1, 0.15) is 5.82 Å². The van der Waals surface area contributed by atoms with Gasteiger partial charge in [0.15, 0.2) is 0 Å². The van der Waals surface area contributed by atoms with Crippen LogP contribution in [0.25, 0.3) is 0 Å². The predicted octanol–water partition coefficient (Wildman–Crippen LogP) is 1.92. The Labute approximate surface area is 118 Å². The van der Waals surface area contributed by atoms with Gasteiger partial charge in [0.2, 0.25) is 5.91 Å². The van der Waals surface area contributed by atoms with Crippen molar-refractivity contribution in [2.24, 2.45) is 0 Å². The second-order valence-corrected chi connectivity index (χ2v) is 5.31. The van der Waals surface area contributed by atoms with Crippen molar-refractivity contribution < 1.29 is 14.3 Å². The fourth-order valence-corrected chi connectivity index (χ4v) is 2.58. The van der Waals surface area contributed by atoms with Gasteiger partial charge in [-0.15, -0.1) is 0 Å². The van der Waals surface area contributed by atoms with E-state index in [1.54, 1.807) is 6.07 Å². The van der Waals surface area contributed by atoms with Crippen molar-refractivity contribution >= 4 is 11.6 Å². The first-order valence-electron chi connectivity index (χ1n) is 7.01. The standard InChI is InChI=1S/C15H21FN2O2/c1-11-5-6-12(16)8-14(11)17-15(20)9-18-7-3-2-4-13(18)10-19/h5-6,8,13,19H,2-4,7,9-10H2,1H3,(H,17,20). The van der Waals surface area contributed by atoms with Gasteiger partial charge in [0.25, 0.3) is 0 Å². The SMILES string of the molecule is Cc1ccc(F)cc1NC(=O)CN1CCCCC1CO. The van der Waals surface area contributed by atoms with Gasteiger partial charge in [-0.05, 0) is 44.0 Å². The maximum Gasteiger partial charge on any atom is 0.238 e. The molecule has 1 unspecified atom stereocenters. The van der Waals surface area contributed by atoms with E-state index < -0.39 is 0 Å². The molecular weight excluding hydrogens is 259 g/mol. The maximum absolute atomic E-state index is 13.2. The molecule has 0 aromatic heterocycles. The molecule has 0 spiro atoms. The van der Waals surface area contributed by atoms with E-state index in [1.165, 1.54) is 12.1 Å². The van der Waals surface area contributed by atoms with Crippen molar-refractivity contribution in [2.45, 2.75) is 32.2 Å². The topological polar surface area (TPSA) is 52.6 Å². The van der Waals surface area contributed by atoms with Crippen LogP contribution < -0.4 is 5.32 Å². The highest BCUT2D eigenvalue weighted by molar-refractivity contribution is 5.93. The summed E-state index contributed by atoms with van der Waals surface area (Å²) in [6.45, 7) is 2.96. The number of likely N-dealkylation sites (tertiary alicyclic amines) is 1. The Morgan fingerprint density at radius 2 is 2.30 bits per heavy atom. The first kappa shape index (κ1) is 14.9. The number of nitrogens with zero attached hydrogens (tertiary/aromatic N) is 1. The quantitative estimate of drug-likeness (QED) is 0.886. The van der Waals surface area contributed by atoms with E-state index in [1.807, 2.05) is 11.8 Å². The number of hydrogen-bond donors (Lipinski definition) is 2. The third-order valence-electron chi connectivity index (χ3n) is 3.78. The molecule has 0 saturated carbocycles. The minimum atomic E-state index is -0.364. The summed E-state index contributed by atoms with van der Waals surface area (Å²) in [6.07, 6.45) is 3.05. The molecule has 0 radical (unpaired) electrons. The molecule has 1 saturated heterocycles. The molecular formula is C15H21FN2O2. The number of nitrogens with one attached hydrogen (secondary N) is 1. The summed E-state index contributed by atoms with van der Waals surface area (Å²) in [5.74, 6) is -0.531. The summed E-state index contributed by atoms with van der Waals surface area (Å²) >= 11 is 0. The van der Waals surface area contributed by atoms with Crippen molar-refractivity contribution in [2.75, 3.05) is 25.0 Å². The Bertz CT molecular complexity index is 479. The van der Waals surface area contributed by atoms with Gasteiger partial charge in [0.05, 0.1) is 13.2 Å². The molecule has 5 heteroatoms. The number of aliphatic hydroxyl groups excluding tert-OH is 1. The number of carbonyl (C=O) groups excluding carboxylic acids is 1. The Morgan fingerprint density at radius 1 is 1.50 bits per heavy atom. The second-order valence-electron chi connectivity index (χ2n) is 5.31. The van der Waals surface area contributed by atoms with Crippen molar-refractivity contribution in [1.29, 1.82) is 0 Å². The molecule has 1 aromatic carbocycles. The van der Waals surface area contributed by atoms with Crippen molar-refractivity contribution in [3.05, 3.63) is 29.6 Å². The Hall–Kier alpha value is -1.46. The second kappa shape index (κ2) is 6.81. The highest BCUT2D eigenvalue weighted by Crippen LogP contribution is 2.18. The molecule has 4 nitrogen and oxygen atoms in total. The monoisotopic (exact) mass is 280 g/mol. The van der Waals surface area contributed by atoms with Crippen molar-refractivity contribution in [1.82, 2.24) is 4.90 Å². The van der Waals surface area contributed by atoms with E-state index in [0.717, 1.165) is 31.4 Å². The van der Waals surface area contributed by atoms with E-state index in [2.05, 4.69) is 5.32 Å². The Kier molecular flexibility index (Phi) is 5.09. The number of halogens is 1. The first-order valence-corrected chi connectivity index (χ1v) is 7.01. The molecule has 1 heterocycles. The van der Waals surface area contributed by atoms with Crippen LogP contribution >= 0.6 is 0 Å². The maximum atomic E-state index is 13.2. The number of hydrogen-bond acceptors (Lipinski definition) is 3. The zero-order valence-electron chi connectivity index (χ0n) is 11.7. The highest BCUT2D eigenvalue weighted by atomic mass is 19.1. The molecule has 2 rings (SSSR count). The largest absolute Gasteiger partial charge is 0.395 e. The summed E-state index contributed by atoms with van der Waals surface area (Å²) in [6, 6.07) is 4.40. The van der Waals surface area contributed by atoms with Crippen LogP contribution in [0.15, 0.2) is 18.2 Å². The van der Waals surface area contributed by atoms with E-state index >= 15 is 0 Å². The normalized spacial score (nSPS) is 19.9. The lowest BCUT2D eigenvalue weighted by Gasteiger charge is -2.33.